The number of hydrogen-bond acceptors (Lipinski definition) is 3. The van der Waals surface area contributed by atoms with Crippen LogP contribution >= 0.6 is 0 Å². The Hall–Kier alpha value is -1.30. The van der Waals surface area contributed by atoms with Crippen molar-refractivity contribution in [3.63, 3.8) is 0 Å². The number of pyridine rings is 1. The zero-order chi connectivity index (χ0) is 12.0. The van der Waals surface area contributed by atoms with Crippen LogP contribution < -0.4 is 10.1 Å². The summed E-state index contributed by atoms with van der Waals surface area (Å²) < 4.78 is 40.5. The number of nitrogens with one attached hydrogen (secondary N) is 1. The van der Waals surface area contributed by atoms with Crippen molar-refractivity contribution in [1.29, 1.82) is 0 Å². The minimum Gasteiger partial charge on any atom is -0.493 e. The molecule has 0 aliphatic rings. The molecule has 0 aromatic carbocycles. The Morgan fingerprint density at radius 1 is 1.44 bits per heavy atom. The predicted molar refractivity (Wildman–Crippen MR) is 53.2 cm³/mol. The number of rotatable bonds is 5. The molecule has 1 N–H and O–H groups in total. The van der Waals surface area contributed by atoms with Gasteiger partial charge in [0.05, 0.1) is 18.7 Å². The van der Waals surface area contributed by atoms with E-state index in [0.29, 0.717) is 12.3 Å². The monoisotopic (exact) mass is 234 g/mol. The van der Waals surface area contributed by atoms with Gasteiger partial charge in [0.1, 0.15) is 5.75 Å². The molecule has 0 radical (unpaired) electrons. The molecule has 1 aromatic rings. The molecule has 0 saturated heterocycles. The van der Waals surface area contributed by atoms with Gasteiger partial charge in [-0.2, -0.15) is 13.2 Å². The lowest BCUT2D eigenvalue weighted by atomic mass is 10.3. The van der Waals surface area contributed by atoms with Crippen molar-refractivity contribution < 1.29 is 17.9 Å². The molecule has 16 heavy (non-hydrogen) atoms. The van der Waals surface area contributed by atoms with Gasteiger partial charge < -0.3 is 10.1 Å². The summed E-state index contributed by atoms with van der Waals surface area (Å²) in [6.45, 7) is 0.184. The molecule has 0 aliphatic heterocycles. The third kappa shape index (κ3) is 4.97. The van der Waals surface area contributed by atoms with E-state index in [2.05, 4.69) is 10.3 Å². The summed E-state index contributed by atoms with van der Waals surface area (Å²) in [5.41, 5.74) is 0.729. The standard InChI is InChI=1S/C10H13F3N2O/c1-14-7-8-6-9(2-4-15-8)16-5-3-10(11,12)13/h2,4,6,14H,3,5,7H2,1H3. The topological polar surface area (TPSA) is 34.1 Å². The van der Waals surface area contributed by atoms with Gasteiger partial charge in [-0.15, -0.1) is 0 Å². The molecule has 90 valence electrons. The maximum Gasteiger partial charge on any atom is 0.392 e. The summed E-state index contributed by atoms with van der Waals surface area (Å²) in [5, 5.41) is 2.89. The molecule has 0 atom stereocenters. The van der Waals surface area contributed by atoms with Gasteiger partial charge in [-0.05, 0) is 13.1 Å². The van der Waals surface area contributed by atoms with E-state index in [-0.39, 0.29) is 6.61 Å². The highest BCUT2D eigenvalue weighted by molar-refractivity contribution is 5.22. The first-order chi connectivity index (χ1) is 7.51. The second-order valence-electron chi connectivity index (χ2n) is 3.23. The largest absolute Gasteiger partial charge is 0.493 e. The van der Waals surface area contributed by atoms with Crippen LogP contribution in [0, 0.1) is 0 Å². The number of aromatic nitrogens is 1. The van der Waals surface area contributed by atoms with E-state index in [1.807, 2.05) is 0 Å². The van der Waals surface area contributed by atoms with E-state index in [1.165, 1.54) is 12.3 Å². The molecule has 0 amide bonds. The third-order valence-electron chi connectivity index (χ3n) is 1.80. The van der Waals surface area contributed by atoms with E-state index in [4.69, 9.17) is 4.74 Å². The highest BCUT2D eigenvalue weighted by Crippen LogP contribution is 2.20. The Balaban J connectivity index is 2.44. The highest BCUT2D eigenvalue weighted by atomic mass is 19.4. The maximum absolute atomic E-state index is 11.9. The number of alkyl halides is 3. The van der Waals surface area contributed by atoms with Gasteiger partial charge in [0.15, 0.2) is 0 Å². The summed E-state index contributed by atoms with van der Waals surface area (Å²) >= 11 is 0. The molecule has 3 nitrogen and oxygen atoms in total. The molecule has 1 heterocycles. The molecule has 0 bridgehead atoms. The Labute approximate surface area is 91.6 Å². The molecule has 0 fully saturated rings. The van der Waals surface area contributed by atoms with Crippen LogP contribution in [0.2, 0.25) is 0 Å². The first-order valence-corrected chi connectivity index (χ1v) is 4.80. The normalized spacial score (nSPS) is 11.5. The van der Waals surface area contributed by atoms with Crippen molar-refractivity contribution in [1.82, 2.24) is 10.3 Å². The highest BCUT2D eigenvalue weighted by Gasteiger charge is 2.26. The zero-order valence-corrected chi connectivity index (χ0v) is 8.84. The SMILES string of the molecule is CNCc1cc(OCCC(F)(F)F)ccn1. The number of ether oxygens (including phenoxy) is 1. The fourth-order valence-electron chi connectivity index (χ4n) is 1.11. The first kappa shape index (κ1) is 12.8. The van der Waals surface area contributed by atoms with Crippen LogP contribution in [0.1, 0.15) is 12.1 Å². The molecule has 0 unspecified atom stereocenters. The molecule has 1 aromatic heterocycles. The fraction of sp³-hybridized carbons (Fsp3) is 0.500. The average molecular weight is 234 g/mol. The van der Waals surface area contributed by atoms with Gasteiger partial charge in [0.2, 0.25) is 0 Å². The Bertz CT molecular complexity index is 328. The number of nitrogens with zero attached hydrogens (tertiary/aromatic N) is 1. The van der Waals surface area contributed by atoms with Crippen molar-refractivity contribution in [2.45, 2.75) is 19.1 Å². The van der Waals surface area contributed by atoms with Gasteiger partial charge in [0.25, 0.3) is 0 Å². The van der Waals surface area contributed by atoms with Crippen LogP contribution in [0.15, 0.2) is 18.3 Å². The average Bonchev–Trinajstić information content (AvgIpc) is 2.17. The van der Waals surface area contributed by atoms with Gasteiger partial charge >= 0.3 is 6.18 Å². The van der Waals surface area contributed by atoms with Crippen LogP contribution in [0.5, 0.6) is 5.75 Å². The van der Waals surface area contributed by atoms with Gasteiger partial charge in [-0.25, -0.2) is 0 Å². The Morgan fingerprint density at radius 2 is 2.19 bits per heavy atom. The predicted octanol–water partition coefficient (Wildman–Crippen LogP) is 2.13. The number of hydrogen-bond donors (Lipinski definition) is 1. The van der Waals surface area contributed by atoms with Crippen molar-refractivity contribution in [3.8, 4) is 5.75 Å². The summed E-state index contributed by atoms with van der Waals surface area (Å²) in [7, 11) is 1.76. The lowest BCUT2D eigenvalue weighted by Gasteiger charge is -2.09. The summed E-state index contributed by atoms with van der Waals surface area (Å²) in [5.74, 6) is 0.407. The van der Waals surface area contributed by atoms with Crippen LogP contribution in [0.25, 0.3) is 0 Å². The minimum absolute atomic E-state index is 0.369. The van der Waals surface area contributed by atoms with Gasteiger partial charge in [-0.3, -0.25) is 4.98 Å². The van der Waals surface area contributed by atoms with E-state index in [0.717, 1.165) is 5.69 Å². The maximum atomic E-state index is 11.9. The van der Waals surface area contributed by atoms with Crippen LogP contribution in [-0.4, -0.2) is 24.8 Å². The van der Waals surface area contributed by atoms with Gasteiger partial charge in [-0.1, -0.05) is 0 Å². The van der Waals surface area contributed by atoms with Crippen molar-refractivity contribution in [3.05, 3.63) is 24.0 Å². The molecule has 6 heteroatoms. The second-order valence-corrected chi connectivity index (χ2v) is 3.23. The fourth-order valence-corrected chi connectivity index (χ4v) is 1.11. The zero-order valence-electron chi connectivity index (χ0n) is 8.84. The van der Waals surface area contributed by atoms with Crippen molar-refractivity contribution in [2.24, 2.45) is 0 Å². The summed E-state index contributed by atoms with van der Waals surface area (Å²) in [6, 6.07) is 3.16. The van der Waals surface area contributed by atoms with Crippen molar-refractivity contribution in [2.75, 3.05) is 13.7 Å². The molecule has 0 spiro atoms. The summed E-state index contributed by atoms with van der Waals surface area (Å²) in [6.07, 6.45) is -3.62. The Morgan fingerprint density at radius 3 is 2.81 bits per heavy atom. The van der Waals surface area contributed by atoms with E-state index >= 15 is 0 Å². The minimum atomic E-state index is -4.18. The van der Waals surface area contributed by atoms with E-state index in [1.54, 1.807) is 13.1 Å². The summed E-state index contributed by atoms with van der Waals surface area (Å²) in [4.78, 5) is 4.02. The molecule has 1 rings (SSSR count). The molecular formula is C10H13F3N2O. The van der Waals surface area contributed by atoms with E-state index < -0.39 is 12.6 Å². The quantitative estimate of drug-likeness (QED) is 0.847. The van der Waals surface area contributed by atoms with Gasteiger partial charge in [0, 0.05) is 18.8 Å². The Kier molecular flexibility index (Phi) is 4.54. The number of halogens is 3. The molecule has 0 aliphatic carbocycles. The smallest absolute Gasteiger partial charge is 0.392 e. The second kappa shape index (κ2) is 5.69. The van der Waals surface area contributed by atoms with Crippen molar-refractivity contribution >= 4 is 0 Å². The van der Waals surface area contributed by atoms with Crippen LogP contribution in [0.4, 0.5) is 13.2 Å². The lowest BCUT2D eigenvalue weighted by molar-refractivity contribution is -0.139. The third-order valence-corrected chi connectivity index (χ3v) is 1.80. The van der Waals surface area contributed by atoms with Crippen LogP contribution in [-0.2, 0) is 6.54 Å². The van der Waals surface area contributed by atoms with Crippen LogP contribution in [0.3, 0.4) is 0 Å². The molecular weight excluding hydrogens is 221 g/mol. The first-order valence-electron chi connectivity index (χ1n) is 4.80. The lowest BCUT2D eigenvalue weighted by Crippen LogP contribution is -2.13. The molecule has 0 saturated carbocycles. The van der Waals surface area contributed by atoms with E-state index in [9.17, 15) is 13.2 Å².